The molecule has 0 spiro atoms. The van der Waals surface area contributed by atoms with Gasteiger partial charge in [0.05, 0.1) is 33.9 Å². The van der Waals surface area contributed by atoms with Crippen LogP contribution in [0.3, 0.4) is 0 Å². The fraction of sp³-hybridized carbons (Fsp3) is 0.192. The summed E-state index contributed by atoms with van der Waals surface area (Å²) in [6.45, 7) is 7.29. The molecule has 1 amide bonds. The Bertz CT molecular complexity index is 1210. The minimum Gasteiger partial charge on any atom is -0.458 e. The van der Waals surface area contributed by atoms with E-state index in [1.807, 2.05) is 31.2 Å². The van der Waals surface area contributed by atoms with Crippen molar-refractivity contribution in [3.05, 3.63) is 99.2 Å². The van der Waals surface area contributed by atoms with Gasteiger partial charge in [0.1, 0.15) is 6.61 Å². The second kappa shape index (κ2) is 11.6. The largest absolute Gasteiger partial charge is 0.458 e. The molecule has 0 saturated carbocycles. The van der Waals surface area contributed by atoms with Gasteiger partial charge in [0.2, 0.25) is 5.91 Å². The molecule has 3 rings (SSSR count). The van der Waals surface area contributed by atoms with Gasteiger partial charge in [0.15, 0.2) is 0 Å². The Morgan fingerprint density at radius 3 is 2.59 bits per heavy atom. The first-order chi connectivity index (χ1) is 16.3. The van der Waals surface area contributed by atoms with E-state index in [-0.39, 0.29) is 18.3 Å². The Balaban J connectivity index is 1.90. The number of benzene rings is 2. The highest BCUT2D eigenvalue weighted by atomic mass is 35.5. The lowest BCUT2D eigenvalue weighted by Gasteiger charge is -2.29. The molecule has 0 aliphatic carbocycles. The van der Waals surface area contributed by atoms with Crippen LogP contribution in [0.5, 0.6) is 0 Å². The molecule has 0 bridgehead atoms. The third kappa shape index (κ3) is 5.90. The quantitative estimate of drug-likeness (QED) is 0.375. The summed E-state index contributed by atoms with van der Waals surface area (Å²) >= 11 is 7.26. The van der Waals surface area contributed by atoms with E-state index in [9.17, 15) is 14.9 Å². The number of carbonyl (C=O) groups excluding carboxylic acids is 2. The lowest BCUT2D eigenvalue weighted by molar-refractivity contribution is -0.138. The van der Waals surface area contributed by atoms with E-state index in [1.165, 1.54) is 17.8 Å². The predicted octanol–water partition coefficient (Wildman–Crippen LogP) is 5.45. The third-order valence-corrected chi connectivity index (χ3v) is 6.44. The van der Waals surface area contributed by atoms with E-state index < -0.39 is 11.9 Å². The van der Waals surface area contributed by atoms with Crippen molar-refractivity contribution >= 4 is 40.9 Å². The summed E-state index contributed by atoms with van der Waals surface area (Å²) < 4.78 is 5.30. The molecular weight excluding hydrogens is 470 g/mol. The van der Waals surface area contributed by atoms with Crippen LogP contribution in [0, 0.1) is 18.3 Å². The fourth-order valence-corrected chi connectivity index (χ4v) is 4.55. The predicted molar refractivity (Wildman–Crippen MR) is 136 cm³/mol. The lowest BCUT2D eigenvalue weighted by atomic mass is 9.82. The Morgan fingerprint density at radius 2 is 1.94 bits per heavy atom. The zero-order valence-electron chi connectivity index (χ0n) is 18.9. The molecule has 1 aliphatic heterocycles. The third-order valence-electron chi connectivity index (χ3n) is 5.17. The summed E-state index contributed by atoms with van der Waals surface area (Å²) in [5, 5.41) is 17.1. The van der Waals surface area contributed by atoms with Crippen molar-refractivity contribution in [2.45, 2.75) is 19.8 Å². The lowest BCUT2D eigenvalue weighted by Crippen LogP contribution is -2.29. The molecule has 34 heavy (non-hydrogen) atoms. The molecule has 2 N–H and O–H groups in total. The standard InChI is InChI=1S/C26H24ClN3O3S/c1-4-13-33-26(32)23-17(3)29-25(20(14-28)24(23)18-9-11-19(27)12-10-18)34-15-22(31)30-21-8-6-5-7-16(21)2/h4-12,24,29H,1,13,15H2,2-3H3,(H,30,31). The Kier molecular flexibility index (Phi) is 8.58. The van der Waals surface area contributed by atoms with E-state index in [2.05, 4.69) is 23.3 Å². The van der Waals surface area contributed by atoms with Crippen molar-refractivity contribution in [3.8, 4) is 6.07 Å². The molecule has 1 aliphatic rings. The maximum atomic E-state index is 12.9. The number of hydrogen-bond acceptors (Lipinski definition) is 6. The summed E-state index contributed by atoms with van der Waals surface area (Å²) in [4.78, 5) is 25.5. The molecule has 0 aromatic heterocycles. The molecule has 0 fully saturated rings. The number of thioether (sulfide) groups is 1. The van der Waals surface area contributed by atoms with Crippen molar-refractivity contribution in [3.63, 3.8) is 0 Å². The zero-order chi connectivity index (χ0) is 24.7. The minimum atomic E-state index is -0.664. The van der Waals surface area contributed by atoms with Gasteiger partial charge in [0, 0.05) is 16.4 Å². The van der Waals surface area contributed by atoms with Crippen LogP contribution >= 0.6 is 23.4 Å². The maximum absolute atomic E-state index is 12.9. The molecule has 1 heterocycles. The monoisotopic (exact) mass is 493 g/mol. The maximum Gasteiger partial charge on any atom is 0.337 e. The summed E-state index contributed by atoms with van der Waals surface area (Å²) in [5.41, 5.74) is 3.62. The Morgan fingerprint density at radius 1 is 1.24 bits per heavy atom. The van der Waals surface area contributed by atoms with E-state index in [1.54, 1.807) is 31.2 Å². The van der Waals surface area contributed by atoms with Crippen molar-refractivity contribution in [1.29, 1.82) is 5.26 Å². The number of esters is 1. The Hall–Kier alpha value is -3.47. The highest BCUT2D eigenvalue weighted by Crippen LogP contribution is 2.41. The van der Waals surface area contributed by atoms with Crippen LogP contribution in [0.4, 0.5) is 5.69 Å². The minimum absolute atomic E-state index is 0.0508. The van der Waals surface area contributed by atoms with Gasteiger partial charge >= 0.3 is 5.97 Å². The second-order valence-electron chi connectivity index (χ2n) is 7.54. The van der Waals surface area contributed by atoms with Gasteiger partial charge in [-0.2, -0.15) is 5.26 Å². The van der Waals surface area contributed by atoms with E-state index in [0.29, 0.717) is 26.9 Å². The van der Waals surface area contributed by atoms with Gasteiger partial charge in [-0.05, 0) is 43.2 Å². The summed E-state index contributed by atoms with van der Waals surface area (Å²) in [5.74, 6) is -1.33. The molecule has 174 valence electrons. The number of anilines is 1. The van der Waals surface area contributed by atoms with Crippen molar-refractivity contribution in [2.24, 2.45) is 0 Å². The number of hydrogen-bond donors (Lipinski definition) is 2. The molecular formula is C26H24ClN3O3S. The molecule has 1 unspecified atom stereocenters. The van der Waals surface area contributed by atoms with E-state index >= 15 is 0 Å². The number of carbonyl (C=O) groups is 2. The smallest absolute Gasteiger partial charge is 0.337 e. The summed E-state index contributed by atoms with van der Waals surface area (Å²) in [7, 11) is 0. The van der Waals surface area contributed by atoms with Gasteiger partial charge in [-0.25, -0.2) is 4.79 Å². The molecule has 1 atom stereocenters. The number of para-hydroxylation sites is 1. The first kappa shape index (κ1) is 25.2. The van der Waals surface area contributed by atoms with Crippen molar-refractivity contribution in [2.75, 3.05) is 17.7 Å². The highest BCUT2D eigenvalue weighted by molar-refractivity contribution is 8.03. The summed E-state index contributed by atoms with van der Waals surface area (Å²) in [6, 6.07) is 16.7. The number of halogens is 1. The molecule has 6 nitrogen and oxygen atoms in total. The van der Waals surface area contributed by atoms with Gasteiger partial charge in [0.25, 0.3) is 0 Å². The van der Waals surface area contributed by atoms with Crippen LogP contribution < -0.4 is 10.6 Å². The van der Waals surface area contributed by atoms with Gasteiger partial charge in [-0.15, -0.1) is 0 Å². The average Bonchev–Trinajstić information content (AvgIpc) is 2.82. The number of aryl methyl sites for hydroxylation is 1. The van der Waals surface area contributed by atoms with Crippen molar-refractivity contribution in [1.82, 2.24) is 5.32 Å². The SMILES string of the molecule is C=CCOC(=O)C1=C(C)NC(SCC(=O)Nc2ccccc2C)=C(C#N)C1c1ccc(Cl)cc1. The molecule has 2 aromatic rings. The second-order valence-corrected chi connectivity index (χ2v) is 8.96. The van der Waals surface area contributed by atoms with Crippen LogP contribution in [0.15, 0.2) is 83.1 Å². The first-order valence-electron chi connectivity index (χ1n) is 10.5. The number of nitrogens with zero attached hydrogens (tertiary/aromatic N) is 1. The number of dihydropyridines is 1. The van der Waals surface area contributed by atoms with Crippen LogP contribution in [-0.4, -0.2) is 24.2 Å². The number of rotatable bonds is 8. The average molecular weight is 494 g/mol. The topological polar surface area (TPSA) is 91.2 Å². The first-order valence-corrected chi connectivity index (χ1v) is 11.9. The van der Waals surface area contributed by atoms with Gasteiger partial charge in [-0.3, -0.25) is 4.79 Å². The summed E-state index contributed by atoms with van der Waals surface area (Å²) in [6.07, 6.45) is 1.48. The molecule has 2 aromatic carbocycles. The number of allylic oxidation sites excluding steroid dienone is 2. The number of ether oxygens (including phenoxy) is 1. The van der Waals surface area contributed by atoms with E-state index in [0.717, 1.165) is 16.8 Å². The number of nitriles is 1. The Labute approximate surface area is 208 Å². The number of amides is 1. The normalized spacial score (nSPS) is 15.3. The molecule has 0 radical (unpaired) electrons. The molecule has 8 heteroatoms. The van der Waals surface area contributed by atoms with Crippen molar-refractivity contribution < 1.29 is 14.3 Å². The van der Waals surface area contributed by atoms with Gasteiger partial charge < -0.3 is 15.4 Å². The van der Waals surface area contributed by atoms with Gasteiger partial charge in [-0.1, -0.05) is 66.3 Å². The van der Waals surface area contributed by atoms with Crippen LogP contribution in [0.1, 0.15) is 24.0 Å². The highest BCUT2D eigenvalue weighted by Gasteiger charge is 2.35. The van der Waals surface area contributed by atoms with Crippen LogP contribution in [0.25, 0.3) is 0 Å². The zero-order valence-corrected chi connectivity index (χ0v) is 20.4. The number of nitrogens with one attached hydrogen (secondary N) is 2. The molecule has 0 saturated heterocycles. The van der Waals surface area contributed by atoms with Crippen LogP contribution in [-0.2, 0) is 14.3 Å². The van der Waals surface area contributed by atoms with Crippen LogP contribution in [0.2, 0.25) is 5.02 Å². The van der Waals surface area contributed by atoms with E-state index in [4.69, 9.17) is 16.3 Å². The fourth-order valence-electron chi connectivity index (χ4n) is 3.54.